The third-order valence-corrected chi connectivity index (χ3v) is 4.15. The molecule has 0 saturated heterocycles. The fraction of sp³-hybridized carbons (Fsp3) is 0.136. The number of phenols is 1. The van der Waals surface area contributed by atoms with E-state index in [2.05, 4.69) is 0 Å². The normalized spacial score (nSPS) is 11.8. The predicted octanol–water partition coefficient (Wildman–Crippen LogP) is 4.68. The van der Waals surface area contributed by atoms with E-state index in [0.717, 1.165) is 16.7 Å². The molecule has 1 unspecified atom stereocenters. The Bertz CT molecular complexity index is 794. The maximum Gasteiger partial charge on any atom is 0.166 e. The van der Waals surface area contributed by atoms with E-state index in [1.807, 2.05) is 72.8 Å². The van der Waals surface area contributed by atoms with Gasteiger partial charge < -0.3 is 5.11 Å². The Morgan fingerprint density at radius 3 is 2.00 bits per heavy atom. The van der Waals surface area contributed by atoms with Crippen LogP contribution in [0.5, 0.6) is 5.75 Å². The summed E-state index contributed by atoms with van der Waals surface area (Å²) >= 11 is 0. The molecule has 0 aromatic heterocycles. The number of rotatable bonds is 6. The van der Waals surface area contributed by atoms with E-state index in [4.69, 9.17) is 0 Å². The van der Waals surface area contributed by atoms with E-state index in [9.17, 15) is 9.90 Å². The Morgan fingerprint density at radius 2 is 1.33 bits per heavy atom. The number of phenolic OH excluding ortho intramolecular Hbond substituents is 1. The summed E-state index contributed by atoms with van der Waals surface area (Å²) in [6.07, 6.45) is 1.29. The molecule has 0 spiro atoms. The molecule has 0 amide bonds. The lowest BCUT2D eigenvalue weighted by Crippen LogP contribution is -2.20. The molecule has 0 heterocycles. The lowest BCUT2D eigenvalue weighted by molar-refractivity contribution is 0.0918. The summed E-state index contributed by atoms with van der Waals surface area (Å²) in [5, 5.41) is 9.69. The Morgan fingerprint density at radius 1 is 0.750 bits per heavy atom. The average molecular weight is 316 g/mol. The van der Waals surface area contributed by atoms with E-state index < -0.39 is 0 Å². The van der Waals surface area contributed by atoms with E-state index in [1.165, 1.54) is 0 Å². The van der Waals surface area contributed by atoms with Gasteiger partial charge in [-0.1, -0.05) is 72.8 Å². The van der Waals surface area contributed by atoms with Gasteiger partial charge in [-0.25, -0.2) is 0 Å². The van der Waals surface area contributed by atoms with Crippen molar-refractivity contribution in [1.29, 1.82) is 0 Å². The Balaban J connectivity index is 1.87. The van der Waals surface area contributed by atoms with Crippen LogP contribution in [0.2, 0.25) is 0 Å². The van der Waals surface area contributed by atoms with Crippen molar-refractivity contribution in [3.8, 4) is 5.75 Å². The summed E-state index contributed by atoms with van der Waals surface area (Å²) in [7, 11) is 0. The van der Waals surface area contributed by atoms with Gasteiger partial charge in [0, 0.05) is 11.5 Å². The molecule has 2 heteroatoms. The second-order valence-electron chi connectivity index (χ2n) is 5.99. The monoisotopic (exact) mass is 316 g/mol. The van der Waals surface area contributed by atoms with Crippen molar-refractivity contribution in [2.75, 3.05) is 0 Å². The van der Waals surface area contributed by atoms with Crippen LogP contribution < -0.4 is 0 Å². The molecule has 2 nitrogen and oxygen atoms in total. The number of carbonyl (C=O) groups excluding carboxylic acids is 1. The summed E-state index contributed by atoms with van der Waals surface area (Å²) in [4.78, 5) is 13.0. The SMILES string of the molecule is O=C(c1ccccc1)C(Cc1ccccc1)Cc1cccc(O)c1. The minimum atomic E-state index is -0.156. The number of benzene rings is 3. The smallest absolute Gasteiger partial charge is 0.166 e. The number of ketones is 1. The fourth-order valence-electron chi connectivity index (χ4n) is 2.96. The zero-order valence-corrected chi connectivity index (χ0v) is 13.4. The number of Topliss-reactive ketones (excluding diaryl/α,β-unsaturated/α-hetero) is 1. The molecule has 0 fully saturated rings. The quantitative estimate of drug-likeness (QED) is 0.671. The van der Waals surface area contributed by atoms with Gasteiger partial charge in [-0.3, -0.25) is 4.79 Å². The maximum atomic E-state index is 13.0. The van der Waals surface area contributed by atoms with Crippen LogP contribution in [-0.2, 0) is 12.8 Å². The third-order valence-electron chi connectivity index (χ3n) is 4.15. The van der Waals surface area contributed by atoms with Gasteiger partial charge in [-0.15, -0.1) is 0 Å². The van der Waals surface area contributed by atoms with Crippen LogP contribution >= 0.6 is 0 Å². The van der Waals surface area contributed by atoms with Crippen molar-refractivity contribution in [1.82, 2.24) is 0 Å². The molecule has 1 atom stereocenters. The van der Waals surface area contributed by atoms with Gasteiger partial charge in [-0.2, -0.15) is 0 Å². The van der Waals surface area contributed by atoms with Gasteiger partial charge in [0.25, 0.3) is 0 Å². The highest BCUT2D eigenvalue weighted by Gasteiger charge is 2.21. The molecule has 3 rings (SSSR count). The number of hydrogen-bond donors (Lipinski definition) is 1. The summed E-state index contributed by atoms with van der Waals surface area (Å²) in [6, 6.07) is 26.6. The van der Waals surface area contributed by atoms with Crippen LogP contribution in [0, 0.1) is 5.92 Å². The first-order valence-corrected chi connectivity index (χ1v) is 8.13. The molecular formula is C22H20O2. The van der Waals surface area contributed by atoms with Gasteiger partial charge >= 0.3 is 0 Å². The second-order valence-corrected chi connectivity index (χ2v) is 5.99. The van der Waals surface area contributed by atoms with Gasteiger partial charge in [0.05, 0.1) is 0 Å². The van der Waals surface area contributed by atoms with Crippen LogP contribution in [0.15, 0.2) is 84.9 Å². The van der Waals surface area contributed by atoms with Gasteiger partial charge in [0.2, 0.25) is 0 Å². The molecule has 0 saturated carbocycles. The van der Waals surface area contributed by atoms with Crippen LogP contribution in [0.25, 0.3) is 0 Å². The van der Waals surface area contributed by atoms with Crippen molar-refractivity contribution in [3.63, 3.8) is 0 Å². The molecule has 0 aliphatic rings. The molecule has 3 aromatic carbocycles. The first kappa shape index (κ1) is 16.0. The number of aromatic hydroxyl groups is 1. The summed E-state index contributed by atoms with van der Waals surface area (Å²) in [5.74, 6) is 0.220. The number of carbonyl (C=O) groups is 1. The summed E-state index contributed by atoms with van der Waals surface area (Å²) in [6.45, 7) is 0. The summed E-state index contributed by atoms with van der Waals surface area (Å²) in [5.41, 5.74) is 2.85. The van der Waals surface area contributed by atoms with Gasteiger partial charge in [0.1, 0.15) is 5.75 Å². The first-order chi connectivity index (χ1) is 11.7. The summed E-state index contributed by atoms with van der Waals surface area (Å²) < 4.78 is 0. The largest absolute Gasteiger partial charge is 0.508 e. The van der Waals surface area contributed by atoms with Gasteiger partial charge in [-0.05, 0) is 36.1 Å². The van der Waals surface area contributed by atoms with Crippen LogP contribution in [0.1, 0.15) is 21.5 Å². The molecule has 3 aromatic rings. The van der Waals surface area contributed by atoms with E-state index >= 15 is 0 Å². The van der Waals surface area contributed by atoms with Gasteiger partial charge in [0.15, 0.2) is 5.78 Å². The lowest BCUT2D eigenvalue weighted by Gasteiger charge is -2.16. The first-order valence-electron chi connectivity index (χ1n) is 8.13. The molecule has 0 bridgehead atoms. The minimum absolute atomic E-state index is 0.141. The Kier molecular flexibility index (Phi) is 5.07. The van der Waals surface area contributed by atoms with E-state index in [0.29, 0.717) is 12.8 Å². The molecule has 1 N–H and O–H groups in total. The van der Waals surface area contributed by atoms with Crippen molar-refractivity contribution >= 4 is 5.78 Å². The highest BCUT2D eigenvalue weighted by atomic mass is 16.3. The van der Waals surface area contributed by atoms with E-state index in [1.54, 1.807) is 12.1 Å². The molecule has 24 heavy (non-hydrogen) atoms. The highest BCUT2D eigenvalue weighted by molar-refractivity contribution is 5.98. The Labute approximate surface area is 142 Å². The molecular weight excluding hydrogens is 296 g/mol. The maximum absolute atomic E-state index is 13.0. The Hall–Kier alpha value is -2.87. The van der Waals surface area contributed by atoms with Crippen molar-refractivity contribution in [2.45, 2.75) is 12.8 Å². The van der Waals surface area contributed by atoms with E-state index in [-0.39, 0.29) is 17.5 Å². The second kappa shape index (κ2) is 7.60. The van der Waals surface area contributed by atoms with Crippen LogP contribution in [0.4, 0.5) is 0 Å². The van der Waals surface area contributed by atoms with Crippen LogP contribution in [-0.4, -0.2) is 10.9 Å². The standard InChI is InChI=1S/C22H20O2/c23-21-13-7-10-18(16-21)15-20(14-17-8-3-1-4-9-17)22(24)19-11-5-2-6-12-19/h1-13,16,20,23H,14-15H2. The third kappa shape index (κ3) is 4.11. The molecule has 120 valence electrons. The van der Waals surface area contributed by atoms with Crippen molar-refractivity contribution in [3.05, 3.63) is 102 Å². The zero-order chi connectivity index (χ0) is 16.8. The van der Waals surface area contributed by atoms with Crippen molar-refractivity contribution < 1.29 is 9.90 Å². The van der Waals surface area contributed by atoms with Crippen LogP contribution in [0.3, 0.4) is 0 Å². The zero-order valence-electron chi connectivity index (χ0n) is 13.4. The predicted molar refractivity (Wildman–Crippen MR) is 96.2 cm³/mol. The minimum Gasteiger partial charge on any atom is -0.508 e. The molecule has 0 aliphatic heterocycles. The fourth-order valence-corrected chi connectivity index (χ4v) is 2.96. The van der Waals surface area contributed by atoms with Crippen molar-refractivity contribution in [2.24, 2.45) is 5.92 Å². The molecule has 0 radical (unpaired) electrons. The topological polar surface area (TPSA) is 37.3 Å². The lowest BCUT2D eigenvalue weighted by atomic mass is 9.86. The molecule has 0 aliphatic carbocycles. The average Bonchev–Trinajstić information content (AvgIpc) is 2.62. The highest BCUT2D eigenvalue weighted by Crippen LogP contribution is 2.21. The number of hydrogen-bond acceptors (Lipinski definition) is 2.